The Balaban J connectivity index is 0.000000134. The number of benzene rings is 8. The van der Waals surface area contributed by atoms with Crippen LogP contribution in [0.1, 0.15) is 26.8 Å². The summed E-state index contributed by atoms with van der Waals surface area (Å²) in [6.45, 7) is 5.06. The number of phenols is 1. The van der Waals surface area contributed by atoms with Crippen LogP contribution in [0.2, 0.25) is 5.02 Å². The van der Waals surface area contributed by atoms with Crippen molar-refractivity contribution in [2.24, 2.45) is 0 Å². The van der Waals surface area contributed by atoms with Crippen molar-refractivity contribution in [3.63, 3.8) is 0 Å². The number of aromatic hydroxyl groups is 1. The standard InChI is InChI=1S/C23H21N3O.C22H16F3N3O2.C21H17N3O.C20H13ClFN3.CH4/c1-15(2)27-18-6-3-5-17(13-18)23-19(7-4-11-26-23)16-8-9-22-20(14-16)21(24)10-12-25-22;23-22(24,25)30-13-29-16-4-1-3-15(11-16)21-17(5-2-9-28-21)14-6-7-20-18(12-14)19(26)8-10-27-20;1-13-9-15(11-16(25)10-13)21-17(3-2-7-24-21)14-4-5-20-18(12-14)19(22)6-8-23-20;21-16-11-13(3-5-17(16)22)20-14(2-1-8-25-20)12-4-6-19-15(10-12)18(23)7-9-24-19;/h3-15H,1-2H3,(H2,24,25);1-12H,13H2,(H2,26,27);2-12,25H,1H3,(H2,22,23);1-11H,(H2,23,24);1H4. The monoisotopic (exact) mass is 1460 g/mol. The fourth-order valence-corrected chi connectivity index (χ4v) is 12.4. The number of ether oxygens (including phenoxy) is 3. The Morgan fingerprint density at radius 1 is 0.389 bits per heavy atom. The van der Waals surface area contributed by atoms with Crippen LogP contribution in [0.5, 0.6) is 17.2 Å². The van der Waals surface area contributed by atoms with Gasteiger partial charge in [-0.25, -0.2) is 4.39 Å². The summed E-state index contributed by atoms with van der Waals surface area (Å²) in [4.78, 5) is 35.5. The zero-order valence-electron chi connectivity index (χ0n) is 57.8. The highest BCUT2D eigenvalue weighted by molar-refractivity contribution is 6.31. The molecule has 0 saturated heterocycles. The normalized spacial score (nSPS) is 11.0. The highest BCUT2D eigenvalue weighted by atomic mass is 35.5. The number of hydrogen-bond acceptors (Lipinski definition) is 16. The van der Waals surface area contributed by atoms with E-state index in [9.17, 15) is 22.7 Å². The van der Waals surface area contributed by atoms with Crippen LogP contribution in [0, 0.1) is 12.7 Å². The number of nitrogen functional groups attached to an aromatic ring is 4. The van der Waals surface area contributed by atoms with E-state index in [1.165, 1.54) is 6.07 Å². The summed E-state index contributed by atoms with van der Waals surface area (Å²) in [7, 11) is 0. The van der Waals surface area contributed by atoms with Crippen molar-refractivity contribution in [2.45, 2.75) is 40.7 Å². The molecule has 0 aliphatic rings. The minimum Gasteiger partial charge on any atom is -0.508 e. The second-order valence-electron chi connectivity index (χ2n) is 24.9. The second-order valence-corrected chi connectivity index (χ2v) is 25.3. The van der Waals surface area contributed by atoms with Gasteiger partial charge in [0.1, 0.15) is 23.1 Å². The molecule has 0 atom stereocenters. The van der Waals surface area contributed by atoms with Crippen LogP contribution in [0.4, 0.5) is 40.3 Å². The second kappa shape index (κ2) is 33.1. The Morgan fingerprint density at radius 3 is 1.12 bits per heavy atom. The van der Waals surface area contributed by atoms with Gasteiger partial charge in [-0.05, 0) is 206 Å². The average molecular weight is 1460 g/mol. The zero-order chi connectivity index (χ0) is 74.7. The first-order valence-corrected chi connectivity index (χ1v) is 34.0. The van der Waals surface area contributed by atoms with Crippen molar-refractivity contribution in [1.82, 2.24) is 39.9 Å². The van der Waals surface area contributed by atoms with E-state index in [0.717, 1.165) is 139 Å². The van der Waals surface area contributed by atoms with Gasteiger partial charge in [0, 0.05) is 138 Å². The molecule has 0 saturated carbocycles. The molecular formula is C87H71ClF4N12O4. The Morgan fingerprint density at radius 2 is 0.750 bits per heavy atom. The summed E-state index contributed by atoms with van der Waals surface area (Å²) in [6.07, 6.45) is 9.08. The average Bonchev–Trinajstić information content (AvgIpc) is 0.800. The molecule has 0 fully saturated rings. The highest BCUT2D eigenvalue weighted by Crippen LogP contribution is 2.40. The third-order valence-corrected chi connectivity index (χ3v) is 17.4. The number of halogens is 5. The van der Waals surface area contributed by atoms with Crippen molar-refractivity contribution in [2.75, 3.05) is 29.7 Å². The molecule has 0 unspecified atom stereocenters. The summed E-state index contributed by atoms with van der Waals surface area (Å²) in [6, 6.07) is 71.2. The molecule has 16 rings (SSSR count). The third-order valence-electron chi connectivity index (χ3n) is 17.1. The number of aryl methyl sites for hydroxylation is 1. The number of nitrogens with zero attached hydrogens (tertiary/aromatic N) is 8. The molecule has 16 nitrogen and oxygen atoms in total. The van der Waals surface area contributed by atoms with Gasteiger partial charge in [-0.3, -0.25) is 44.6 Å². The van der Waals surface area contributed by atoms with E-state index in [2.05, 4.69) is 68.9 Å². The molecule has 16 aromatic rings. The number of hydrogen-bond donors (Lipinski definition) is 5. The molecule has 0 aliphatic carbocycles. The van der Waals surface area contributed by atoms with Crippen LogP contribution in [-0.4, -0.2) is 64.2 Å². The van der Waals surface area contributed by atoms with E-state index < -0.39 is 19.0 Å². The molecule has 8 aromatic carbocycles. The fraction of sp³-hybridized carbons (Fsp3) is 0.0805. The van der Waals surface area contributed by atoms with Gasteiger partial charge >= 0.3 is 6.36 Å². The Bertz CT molecular complexity index is 5910. The number of rotatable bonds is 13. The number of phenolic OH excluding ortho intramolecular Hbond substituents is 1. The molecule has 21 heteroatoms. The van der Waals surface area contributed by atoms with Crippen molar-refractivity contribution in [3.8, 4) is 107 Å². The van der Waals surface area contributed by atoms with E-state index in [4.69, 9.17) is 44.0 Å². The van der Waals surface area contributed by atoms with E-state index in [0.29, 0.717) is 28.3 Å². The first kappa shape index (κ1) is 74.3. The smallest absolute Gasteiger partial charge is 0.508 e. The Kier molecular flexibility index (Phi) is 22.8. The number of alkyl halides is 3. The van der Waals surface area contributed by atoms with Gasteiger partial charge in [-0.15, -0.1) is 13.2 Å². The fourth-order valence-electron chi connectivity index (χ4n) is 12.2. The summed E-state index contributed by atoms with van der Waals surface area (Å²) < 4.78 is 64.5. The molecule has 0 radical (unpaired) electrons. The predicted molar refractivity (Wildman–Crippen MR) is 426 cm³/mol. The van der Waals surface area contributed by atoms with Gasteiger partial charge in [0.05, 0.1) is 56.0 Å². The largest absolute Gasteiger partial charge is 0.525 e. The van der Waals surface area contributed by atoms with Crippen LogP contribution >= 0.6 is 11.6 Å². The minimum atomic E-state index is -4.75. The van der Waals surface area contributed by atoms with E-state index in [1.807, 2.05) is 160 Å². The first-order chi connectivity index (χ1) is 51.8. The van der Waals surface area contributed by atoms with Gasteiger partial charge < -0.3 is 37.5 Å². The van der Waals surface area contributed by atoms with Crippen LogP contribution in [0.25, 0.3) is 133 Å². The zero-order valence-corrected chi connectivity index (χ0v) is 58.5. The van der Waals surface area contributed by atoms with E-state index in [-0.39, 0.29) is 30.1 Å². The summed E-state index contributed by atoms with van der Waals surface area (Å²) in [5.41, 5.74) is 45.6. The Labute approximate surface area is 625 Å². The SMILES string of the molecule is C.CC(C)Oc1cccc(-c2ncccc2-c2ccc3nccc(N)c3c2)c1.Cc1cc(O)cc(-c2ncccc2-c2ccc3nccc(N)c3c2)c1.Nc1ccnc2ccc(-c3cccnc3-c3ccc(F)c(Cl)c3)cc12.Nc1ccnc2ccc(-c3cccnc3-c3cccc(OCOC(F)(F)F)c3)cc12. The predicted octanol–water partition coefficient (Wildman–Crippen LogP) is 21.3. The van der Waals surface area contributed by atoms with Crippen LogP contribution < -0.4 is 32.4 Å². The number of nitrogens with two attached hydrogens (primary N) is 4. The van der Waals surface area contributed by atoms with Crippen LogP contribution in [0.3, 0.4) is 0 Å². The quantitative estimate of drug-likeness (QED) is 0.0531. The molecule has 0 bridgehead atoms. The lowest BCUT2D eigenvalue weighted by molar-refractivity contribution is -0.341. The van der Waals surface area contributed by atoms with E-state index in [1.54, 1.807) is 110 Å². The van der Waals surface area contributed by atoms with Crippen molar-refractivity contribution in [3.05, 3.63) is 297 Å². The van der Waals surface area contributed by atoms with Crippen molar-refractivity contribution < 1.29 is 36.9 Å². The third kappa shape index (κ3) is 17.5. The lowest BCUT2D eigenvalue weighted by atomic mass is 9.97. The first-order valence-electron chi connectivity index (χ1n) is 33.6. The number of anilines is 4. The Hall–Kier alpha value is -13.4. The minimum absolute atomic E-state index is 0. The summed E-state index contributed by atoms with van der Waals surface area (Å²) in [5, 5.41) is 13.6. The molecule has 0 spiro atoms. The molecule has 0 aliphatic heterocycles. The molecule has 9 N–H and O–H groups in total. The maximum Gasteiger partial charge on any atom is 0.525 e. The molecular weight excluding hydrogens is 1390 g/mol. The van der Waals surface area contributed by atoms with Gasteiger partial charge in [0.2, 0.25) is 0 Å². The topological polar surface area (TPSA) is 255 Å². The van der Waals surface area contributed by atoms with Crippen molar-refractivity contribution >= 4 is 78.0 Å². The van der Waals surface area contributed by atoms with Crippen molar-refractivity contribution in [1.29, 1.82) is 0 Å². The van der Waals surface area contributed by atoms with E-state index >= 15 is 0 Å². The number of aromatic nitrogens is 8. The molecule has 8 aromatic heterocycles. The highest BCUT2D eigenvalue weighted by Gasteiger charge is 2.29. The van der Waals surface area contributed by atoms with Crippen LogP contribution in [0.15, 0.2) is 280 Å². The van der Waals surface area contributed by atoms with Gasteiger partial charge in [-0.1, -0.05) is 91.8 Å². The summed E-state index contributed by atoms with van der Waals surface area (Å²) in [5.74, 6) is 0.859. The van der Waals surface area contributed by atoms with Gasteiger partial charge in [0.25, 0.3) is 0 Å². The maximum absolute atomic E-state index is 13.5. The van der Waals surface area contributed by atoms with Crippen LogP contribution in [-0.2, 0) is 4.74 Å². The van der Waals surface area contributed by atoms with Gasteiger partial charge in [0.15, 0.2) is 6.79 Å². The molecule has 0 amide bonds. The number of fused-ring (bicyclic) bond motifs is 4. The maximum atomic E-state index is 13.5. The summed E-state index contributed by atoms with van der Waals surface area (Å²) >= 11 is 5.93. The van der Waals surface area contributed by atoms with Gasteiger partial charge in [-0.2, -0.15) is 0 Å². The lowest BCUT2D eigenvalue weighted by Gasteiger charge is -2.13. The lowest BCUT2D eigenvalue weighted by Crippen LogP contribution is -2.17. The molecule has 538 valence electrons. The number of pyridine rings is 8. The molecule has 8 heterocycles. The molecule has 108 heavy (non-hydrogen) atoms.